The first-order valence-electron chi connectivity index (χ1n) is 9.49. The lowest BCUT2D eigenvalue weighted by molar-refractivity contribution is 0.167. The lowest BCUT2D eigenvalue weighted by Crippen LogP contribution is -2.20. The minimum absolute atomic E-state index is 0.259. The molecule has 0 fully saturated rings. The van der Waals surface area contributed by atoms with Crippen LogP contribution in [-0.2, 0) is 9.47 Å². The molecular formula is C21H26N4O5. The Labute approximate surface area is 175 Å². The van der Waals surface area contributed by atoms with E-state index in [1.165, 1.54) is 0 Å². The highest BCUT2D eigenvalue weighted by Crippen LogP contribution is 2.23. The molecule has 0 spiro atoms. The van der Waals surface area contributed by atoms with Crippen LogP contribution in [-0.4, -0.2) is 31.4 Å². The first kappa shape index (κ1) is 22.5. The molecule has 0 atom stereocenters. The molecule has 0 heterocycles. The summed E-state index contributed by atoms with van der Waals surface area (Å²) in [6, 6.07) is 9.76. The Bertz CT molecular complexity index is 856. The van der Waals surface area contributed by atoms with Gasteiger partial charge in [0.25, 0.3) is 0 Å². The number of aryl methyl sites for hydroxylation is 2. The number of anilines is 4. The molecule has 9 nitrogen and oxygen atoms in total. The number of carbonyl (C=O) groups is 3. The van der Waals surface area contributed by atoms with Crippen LogP contribution in [0.1, 0.15) is 25.0 Å². The van der Waals surface area contributed by atoms with Crippen molar-refractivity contribution in [3.63, 3.8) is 0 Å². The molecule has 0 saturated heterocycles. The fraction of sp³-hybridized carbons (Fsp3) is 0.286. The third-order valence-electron chi connectivity index (χ3n) is 4.02. The van der Waals surface area contributed by atoms with Crippen LogP contribution < -0.4 is 21.3 Å². The van der Waals surface area contributed by atoms with Gasteiger partial charge in [0, 0.05) is 22.7 Å². The van der Waals surface area contributed by atoms with Crippen LogP contribution in [0, 0.1) is 13.8 Å². The first-order valence-corrected chi connectivity index (χ1v) is 9.49. The van der Waals surface area contributed by atoms with Gasteiger partial charge in [-0.15, -0.1) is 0 Å². The van der Waals surface area contributed by atoms with E-state index in [1.807, 2.05) is 13.8 Å². The minimum atomic E-state index is -0.566. The molecule has 0 aliphatic heterocycles. The van der Waals surface area contributed by atoms with E-state index in [2.05, 4.69) is 21.3 Å². The number of hydrogen-bond acceptors (Lipinski definition) is 5. The van der Waals surface area contributed by atoms with Crippen LogP contribution >= 0.6 is 0 Å². The van der Waals surface area contributed by atoms with Gasteiger partial charge >= 0.3 is 18.2 Å². The van der Waals surface area contributed by atoms with Crippen LogP contribution in [0.2, 0.25) is 0 Å². The lowest BCUT2D eigenvalue weighted by atomic mass is 10.1. The molecule has 0 saturated carbocycles. The summed E-state index contributed by atoms with van der Waals surface area (Å²) in [7, 11) is 0. The minimum Gasteiger partial charge on any atom is -0.450 e. The highest BCUT2D eigenvalue weighted by Gasteiger charge is 2.10. The van der Waals surface area contributed by atoms with E-state index in [0.717, 1.165) is 11.1 Å². The molecule has 9 heteroatoms. The highest BCUT2D eigenvalue weighted by atomic mass is 16.6. The molecule has 0 aromatic heterocycles. The molecule has 2 aromatic carbocycles. The Morgan fingerprint density at radius 1 is 0.700 bits per heavy atom. The van der Waals surface area contributed by atoms with E-state index in [4.69, 9.17) is 9.47 Å². The third kappa shape index (κ3) is 6.69. The molecule has 2 rings (SSSR count). The lowest BCUT2D eigenvalue weighted by Gasteiger charge is -2.13. The van der Waals surface area contributed by atoms with Gasteiger partial charge in [0.2, 0.25) is 0 Å². The molecule has 30 heavy (non-hydrogen) atoms. The van der Waals surface area contributed by atoms with Crippen molar-refractivity contribution >= 4 is 41.0 Å². The van der Waals surface area contributed by atoms with Crippen molar-refractivity contribution in [2.24, 2.45) is 0 Å². The zero-order chi connectivity index (χ0) is 22.1. The van der Waals surface area contributed by atoms with E-state index in [1.54, 1.807) is 50.2 Å². The number of amides is 4. The number of nitrogens with one attached hydrogen (secondary N) is 4. The number of urea groups is 1. The molecule has 0 aliphatic rings. The van der Waals surface area contributed by atoms with Crippen molar-refractivity contribution in [1.82, 2.24) is 0 Å². The van der Waals surface area contributed by atoms with Gasteiger partial charge in [-0.2, -0.15) is 0 Å². The summed E-state index contributed by atoms with van der Waals surface area (Å²) in [4.78, 5) is 35.7. The molecular weight excluding hydrogens is 388 g/mol. The average molecular weight is 414 g/mol. The predicted molar refractivity (Wildman–Crippen MR) is 116 cm³/mol. The van der Waals surface area contributed by atoms with E-state index < -0.39 is 18.2 Å². The van der Waals surface area contributed by atoms with Gasteiger partial charge in [-0.1, -0.05) is 12.1 Å². The Morgan fingerprint density at radius 2 is 1.10 bits per heavy atom. The van der Waals surface area contributed by atoms with Gasteiger partial charge in [-0.05, 0) is 63.1 Å². The summed E-state index contributed by atoms with van der Waals surface area (Å²) >= 11 is 0. The molecule has 4 N–H and O–H groups in total. The molecule has 160 valence electrons. The Hall–Kier alpha value is -3.75. The van der Waals surface area contributed by atoms with Crippen molar-refractivity contribution in [1.29, 1.82) is 0 Å². The Kier molecular flexibility index (Phi) is 8.04. The average Bonchev–Trinajstić information content (AvgIpc) is 2.67. The fourth-order valence-electron chi connectivity index (χ4n) is 2.52. The largest absolute Gasteiger partial charge is 0.450 e. The topological polar surface area (TPSA) is 118 Å². The van der Waals surface area contributed by atoms with Crippen molar-refractivity contribution < 1.29 is 23.9 Å². The highest BCUT2D eigenvalue weighted by molar-refractivity contribution is 6.01. The zero-order valence-corrected chi connectivity index (χ0v) is 17.4. The fourth-order valence-corrected chi connectivity index (χ4v) is 2.52. The van der Waals surface area contributed by atoms with Gasteiger partial charge in [-0.3, -0.25) is 10.6 Å². The molecule has 0 radical (unpaired) electrons. The number of rotatable bonds is 6. The Morgan fingerprint density at radius 3 is 1.47 bits per heavy atom. The van der Waals surface area contributed by atoms with Gasteiger partial charge in [0.15, 0.2) is 0 Å². The quantitative estimate of drug-likeness (QED) is 0.525. The summed E-state index contributed by atoms with van der Waals surface area (Å²) < 4.78 is 9.75. The summed E-state index contributed by atoms with van der Waals surface area (Å²) in [5, 5.41) is 10.7. The van der Waals surface area contributed by atoms with Gasteiger partial charge in [-0.25, -0.2) is 14.4 Å². The van der Waals surface area contributed by atoms with Gasteiger partial charge < -0.3 is 20.1 Å². The molecule has 0 bridgehead atoms. The molecule has 2 aromatic rings. The summed E-state index contributed by atoms with van der Waals surface area (Å²) in [5.74, 6) is 0. The van der Waals surface area contributed by atoms with E-state index in [-0.39, 0.29) is 13.2 Å². The van der Waals surface area contributed by atoms with Gasteiger partial charge in [0.05, 0.1) is 13.2 Å². The van der Waals surface area contributed by atoms with Crippen LogP contribution in [0.3, 0.4) is 0 Å². The van der Waals surface area contributed by atoms with Crippen molar-refractivity contribution in [2.45, 2.75) is 27.7 Å². The maximum absolute atomic E-state index is 12.4. The summed E-state index contributed by atoms with van der Waals surface area (Å²) in [5.41, 5.74) is 3.68. The Balaban J connectivity index is 2.05. The second-order valence-electron chi connectivity index (χ2n) is 6.33. The second kappa shape index (κ2) is 10.7. The molecule has 0 unspecified atom stereocenters. The zero-order valence-electron chi connectivity index (χ0n) is 17.4. The molecule has 4 amide bonds. The second-order valence-corrected chi connectivity index (χ2v) is 6.33. The van der Waals surface area contributed by atoms with Crippen LogP contribution in [0.5, 0.6) is 0 Å². The van der Waals surface area contributed by atoms with Crippen molar-refractivity contribution in [3.8, 4) is 0 Å². The first-order chi connectivity index (χ1) is 14.3. The normalized spacial score (nSPS) is 10.0. The molecule has 0 aliphatic carbocycles. The summed E-state index contributed by atoms with van der Waals surface area (Å²) in [6.07, 6.45) is -1.13. The maximum atomic E-state index is 12.4. The van der Waals surface area contributed by atoms with Crippen LogP contribution in [0.25, 0.3) is 0 Å². The van der Waals surface area contributed by atoms with Crippen LogP contribution in [0.15, 0.2) is 36.4 Å². The summed E-state index contributed by atoms with van der Waals surface area (Å²) in [6.45, 7) is 7.61. The number of benzene rings is 2. The van der Waals surface area contributed by atoms with Crippen LogP contribution in [0.4, 0.5) is 37.1 Å². The number of ether oxygens (including phenoxy) is 2. The number of hydrogen-bond donors (Lipinski definition) is 4. The monoisotopic (exact) mass is 414 g/mol. The predicted octanol–water partition coefficient (Wildman–Crippen LogP) is 5.08. The standard InChI is InChI=1S/C21H26N4O5/c1-5-29-20(27)24-17-11-15(9-7-13(17)3)22-19(26)23-16-10-8-14(4)18(12-16)25-21(28)30-6-2/h7-12H,5-6H2,1-4H3,(H,24,27)(H,25,28)(H2,22,23,26). The smallest absolute Gasteiger partial charge is 0.411 e. The van der Waals surface area contributed by atoms with Gasteiger partial charge in [0.1, 0.15) is 0 Å². The maximum Gasteiger partial charge on any atom is 0.411 e. The van der Waals surface area contributed by atoms with Crippen molar-refractivity contribution in [3.05, 3.63) is 47.5 Å². The van der Waals surface area contributed by atoms with E-state index >= 15 is 0 Å². The number of carbonyl (C=O) groups excluding carboxylic acids is 3. The van der Waals surface area contributed by atoms with Crippen molar-refractivity contribution in [2.75, 3.05) is 34.5 Å². The van der Waals surface area contributed by atoms with E-state index in [0.29, 0.717) is 22.7 Å². The van der Waals surface area contributed by atoms with E-state index in [9.17, 15) is 14.4 Å². The SMILES string of the molecule is CCOC(=O)Nc1cc(NC(=O)Nc2ccc(C)c(NC(=O)OCC)c2)ccc1C. The third-order valence-corrected chi connectivity index (χ3v) is 4.02.